The van der Waals surface area contributed by atoms with Crippen LogP contribution in [0.2, 0.25) is 0 Å². The van der Waals surface area contributed by atoms with Crippen LogP contribution in [0.5, 0.6) is 11.5 Å². The lowest BCUT2D eigenvalue weighted by Crippen LogP contribution is -2.47. The van der Waals surface area contributed by atoms with E-state index in [9.17, 15) is 0 Å². The average Bonchev–Trinajstić information content (AvgIpc) is 3.81. The zero-order valence-corrected chi connectivity index (χ0v) is 35.0. The number of amidine groups is 1. The van der Waals surface area contributed by atoms with Crippen molar-refractivity contribution in [2.75, 3.05) is 14.1 Å². The summed E-state index contributed by atoms with van der Waals surface area (Å²) in [7, 11) is 4.37. The van der Waals surface area contributed by atoms with Crippen LogP contribution in [0.15, 0.2) is 211 Å². The molecule has 3 aliphatic rings. The van der Waals surface area contributed by atoms with E-state index in [0.717, 1.165) is 45.1 Å². The molecule has 3 heterocycles. The van der Waals surface area contributed by atoms with Crippen molar-refractivity contribution in [2.24, 2.45) is 4.99 Å². The zero-order valence-electron chi connectivity index (χ0n) is 35.0. The number of benzene rings is 9. The van der Waals surface area contributed by atoms with Gasteiger partial charge in [-0.15, -0.1) is 0 Å². The van der Waals surface area contributed by atoms with Crippen molar-refractivity contribution in [1.29, 1.82) is 0 Å². The van der Waals surface area contributed by atoms with Gasteiger partial charge in [0.2, 0.25) is 0 Å². The number of hydrogen-bond acceptors (Lipinski definition) is 4. The number of hydrogen-bond donors (Lipinski definition) is 0. The lowest BCUT2D eigenvalue weighted by Gasteiger charge is -2.45. The molecule has 0 N–H and O–H groups in total. The maximum absolute atomic E-state index is 6.69. The highest BCUT2D eigenvalue weighted by molar-refractivity contribution is 6.15. The standard InChI is InChI=1S/C58H42N4O/c1-60-55(37-19-5-3-6-20-37)59-56(61(2)57(60)38-21-7-4-8-22-38)43-33-34-51(41-25-10-9-23-39(41)43)62-50-30-16-12-26-42(50)45-35-44-40-24-11-13-27-46(40)58(49(44)36-52(45)62)47-28-14-17-31-53(47)63-54-32-18-15-29-48(54)58/h3-36,55,57H,1-2H3. The highest BCUT2D eigenvalue weighted by Crippen LogP contribution is 2.62. The second-order valence-corrected chi connectivity index (χ2v) is 17.1. The Hall–Kier alpha value is -7.73. The Labute approximate surface area is 366 Å². The third-order valence-electron chi connectivity index (χ3n) is 13.9. The highest BCUT2D eigenvalue weighted by atomic mass is 16.5. The molecule has 300 valence electrons. The number of nitrogens with zero attached hydrogens (tertiary/aromatic N) is 4. The van der Waals surface area contributed by atoms with E-state index >= 15 is 0 Å². The van der Waals surface area contributed by atoms with E-state index in [2.05, 4.69) is 235 Å². The maximum atomic E-state index is 6.69. The summed E-state index contributed by atoms with van der Waals surface area (Å²) in [6, 6.07) is 75.0. The highest BCUT2D eigenvalue weighted by Gasteiger charge is 2.51. The fourth-order valence-corrected chi connectivity index (χ4v) is 11.3. The van der Waals surface area contributed by atoms with Gasteiger partial charge in [0.05, 0.1) is 22.1 Å². The molecule has 63 heavy (non-hydrogen) atoms. The van der Waals surface area contributed by atoms with E-state index in [-0.39, 0.29) is 12.3 Å². The molecule has 0 radical (unpaired) electrons. The lowest BCUT2D eigenvalue weighted by molar-refractivity contribution is 0.0745. The van der Waals surface area contributed by atoms with Crippen molar-refractivity contribution in [3.05, 3.63) is 245 Å². The molecule has 10 aromatic rings. The van der Waals surface area contributed by atoms with Crippen LogP contribution in [0, 0.1) is 0 Å². The molecule has 13 rings (SSSR count). The third kappa shape index (κ3) is 5.00. The number of para-hydroxylation sites is 3. The Kier molecular flexibility index (Phi) is 7.79. The Bertz CT molecular complexity index is 3450. The maximum Gasteiger partial charge on any atom is 0.134 e. The Morgan fingerprint density at radius 2 is 1.03 bits per heavy atom. The summed E-state index contributed by atoms with van der Waals surface area (Å²) in [5.41, 5.74) is 13.8. The Morgan fingerprint density at radius 1 is 0.444 bits per heavy atom. The molecule has 2 atom stereocenters. The largest absolute Gasteiger partial charge is 0.457 e. The number of aromatic nitrogens is 1. The SMILES string of the molecule is CN1C(c2ccc(-n3c4ccccc4c4cc5c(cc43)C3(c4ccccc4Oc4ccccc43)c3ccccc3-5)c3ccccc23)=NC(c2ccccc2)N(C)C1c1ccccc1. The van der Waals surface area contributed by atoms with Gasteiger partial charge in [-0.05, 0) is 88.3 Å². The molecule has 9 aromatic carbocycles. The number of ether oxygens (including phenoxy) is 1. The molecule has 0 bridgehead atoms. The molecule has 1 aliphatic carbocycles. The summed E-state index contributed by atoms with van der Waals surface area (Å²) in [6.45, 7) is 0. The van der Waals surface area contributed by atoms with E-state index in [1.165, 1.54) is 60.6 Å². The van der Waals surface area contributed by atoms with Gasteiger partial charge in [0.1, 0.15) is 29.7 Å². The second-order valence-electron chi connectivity index (χ2n) is 17.1. The number of fused-ring (bicyclic) bond motifs is 13. The van der Waals surface area contributed by atoms with Crippen molar-refractivity contribution < 1.29 is 4.74 Å². The molecular formula is C58H42N4O. The van der Waals surface area contributed by atoms with Crippen LogP contribution in [-0.2, 0) is 5.41 Å². The van der Waals surface area contributed by atoms with Gasteiger partial charge < -0.3 is 14.2 Å². The van der Waals surface area contributed by atoms with Gasteiger partial charge in [-0.1, -0.05) is 164 Å². The summed E-state index contributed by atoms with van der Waals surface area (Å²) in [6.07, 6.45) is -0.198. The van der Waals surface area contributed by atoms with Crippen molar-refractivity contribution in [2.45, 2.75) is 17.7 Å². The number of rotatable bonds is 4. The molecule has 5 heteroatoms. The minimum atomic E-state index is -0.569. The van der Waals surface area contributed by atoms with E-state index in [1.807, 2.05) is 0 Å². The molecule has 1 spiro atoms. The predicted octanol–water partition coefficient (Wildman–Crippen LogP) is 13.4. The van der Waals surface area contributed by atoms with Crippen LogP contribution in [-0.4, -0.2) is 34.3 Å². The molecule has 0 fully saturated rings. The van der Waals surface area contributed by atoms with E-state index in [1.54, 1.807) is 0 Å². The van der Waals surface area contributed by atoms with E-state index in [4.69, 9.17) is 9.73 Å². The van der Waals surface area contributed by atoms with Gasteiger partial charge in [-0.25, -0.2) is 4.99 Å². The van der Waals surface area contributed by atoms with Gasteiger partial charge >= 0.3 is 0 Å². The minimum Gasteiger partial charge on any atom is -0.457 e. The van der Waals surface area contributed by atoms with Crippen LogP contribution in [0.25, 0.3) is 49.4 Å². The molecular weight excluding hydrogens is 769 g/mol. The molecule has 2 aliphatic heterocycles. The van der Waals surface area contributed by atoms with Crippen LogP contribution in [0.1, 0.15) is 51.3 Å². The molecule has 5 nitrogen and oxygen atoms in total. The molecule has 0 saturated carbocycles. The monoisotopic (exact) mass is 810 g/mol. The predicted molar refractivity (Wildman–Crippen MR) is 256 cm³/mol. The first-order valence-corrected chi connectivity index (χ1v) is 21.8. The number of aliphatic imine (C=N–C) groups is 1. The van der Waals surface area contributed by atoms with Crippen LogP contribution >= 0.6 is 0 Å². The van der Waals surface area contributed by atoms with Gasteiger partial charge in [-0.3, -0.25) is 4.90 Å². The smallest absolute Gasteiger partial charge is 0.134 e. The van der Waals surface area contributed by atoms with Crippen molar-refractivity contribution in [1.82, 2.24) is 14.4 Å². The van der Waals surface area contributed by atoms with Gasteiger partial charge in [0.15, 0.2) is 0 Å². The summed E-state index contributed by atoms with van der Waals surface area (Å²) >= 11 is 0. The van der Waals surface area contributed by atoms with Crippen molar-refractivity contribution in [3.63, 3.8) is 0 Å². The fourth-order valence-electron chi connectivity index (χ4n) is 11.3. The third-order valence-corrected chi connectivity index (χ3v) is 13.9. The molecule has 0 saturated heterocycles. The Balaban J connectivity index is 1.07. The fraction of sp³-hybridized carbons (Fsp3) is 0.0862. The summed E-state index contributed by atoms with van der Waals surface area (Å²) < 4.78 is 9.19. The first kappa shape index (κ1) is 36.0. The minimum absolute atomic E-state index is 0.0290. The van der Waals surface area contributed by atoms with Crippen molar-refractivity contribution in [3.8, 4) is 28.3 Å². The van der Waals surface area contributed by atoms with Gasteiger partial charge in [-0.2, -0.15) is 0 Å². The van der Waals surface area contributed by atoms with Crippen LogP contribution < -0.4 is 4.74 Å². The average molecular weight is 811 g/mol. The first-order chi connectivity index (χ1) is 31.1. The van der Waals surface area contributed by atoms with Crippen LogP contribution in [0.3, 0.4) is 0 Å². The molecule has 0 amide bonds. The van der Waals surface area contributed by atoms with Crippen molar-refractivity contribution >= 4 is 38.4 Å². The van der Waals surface area contributed by atoms with Gasteiger partial charge in [0, 0.05) is 39.9 Å². The molecule has 2 unspecified atom stereocenters. The lowest BCUT2D eigenvalue weighted by atomic mass is 9.66. The van der Waals surface area contributed by atoms with Gasteiger partial charge in [0.25, 0.3) is 0 Å². The zero-order chi connectivity index (χ0) is 41.8. The quantitative estimate of drug-likeness (QED) is 0.177. The Morgan fingerprint density at radius 3 is 1.76 bits per heavy atom. The summed E-state index contributed by atoms with van der Waals surface area (Å²) in [5.74, 6) is 2.76. The first-order valence-electron chi connectivity index (χ1n) is 21.8. The van der Waals surface area contributed by atoms with Crippen LogP contribution in [0.4, 0.5) is 0 Å². The molecule has 1 aromatic heterocycles. The second kappa shape index (κ2) is 13.6. The summed E-state index contributed by atoms with van der Waals surface area (Å²) in [5, 5.41) is 4.78. The summed E-state index contributed by atoms with van der Waals surface area (Å²) in [4.78, 5) is 10.3. The normalized spacial score (nSPS) is 17.3. The topological polar surface area (TPSA) is 33.0 Å². The van der Waals surface area contributed by atoms with E-state index in [0.29, 0.717) is 0 Å². The van der Waals surface area contributed by atoms with E-state index < -0.39 is 5.41 Å².